The third kappa shape index (κ3) is 4.03. The molecule has 0 aliphatic heterocycles. The van der Waals surface area contributed by atoms with Crippen molar-refractivity contribution in [3.8, 4) is 0 Å². The average Bonchev–Trinajstić information content (AvgIpc) is 3.22. The highest BCUT2D eigenvalue weighted by Crippen LogP contribution is 2.28. The van der Waals surface area contributed by atoms with Gasteiger partial charge in [0, 0.05) is 18.0 Å². The molecule has 1 N–H and O–H groups in total. The Bertz CT molecular complexity index is 1160. The van der Waals surface area contributed by atoms with Gasteiger partial charge in [0.25, 0.3) is 0 Å². The van der Waals surface area contributed by atoms with Gasteiger partial charge in [-0.05, 0) is 59.4 Å². The lowest BCUT2D eigenvalue weighted by Gasteiger charge is -2.18. The summed E-state index contributed by atoms with van der Waals surface area (Å²) in [6.07, 6.45) is 1.68. The van der Waals surface area contributed by atoms with E-state index in [0.717, 1.165) is 27.8 Å². The molecule has 4 aromatic rings. The average molecular weight is 387 g/mol. The lowest BCUT2D eigenvalue weighted by atomic mass is 9.94. The summed E-state index contributed by atoms with van der Waals surface area (Å²) in [5, 5.41) is 4.53. The molecule has 29 heavy (non-hydrogen) atoms. The molecule has 0 amide bonds. The summed E-state index contributed by atoms with van der Waals surface area (Å²) in [6.45, 7) is 6.92. The number of furan rings is 1. The maximum Gasteiger partial charge on any atom is 0.336 e. The van der Waals surface area contributed by atoms with Gasteiger partial charge in [-0.15, -0.1) is 0 Å². The Hall–Kier alpha value is -3.11. The molecule has 0 bridgehead atoms. The standard InChI is InChI=1S/C25H25NO3/c1-16(2)20-14-21-19(13-24(27)29-23(21)12-17(20)3)15-26-25(22-10-7-11-28-22)18-8-5-4-6-9-18/h4-14,16,25-26H,15H2,1-3H3/t25-/m0/s1. The van der Waals surface area contributed by atoms with Crippen LogP contribution in [0.25, 0.3) is 11.0 Å². The molecule has 2 heterocycles. The van der Waals surface area contributed by atoms with Crippen LogP contribution >= 0.6 is 0 Å². The summed E-state index contributed by atoms with van der Waals surface area (Å²) >= 11 is 0. The smallest absolute Gasteiger partial charge is 0.336 e. The minimum atomic E-state index is -0.333. The largest absolute Gasteiger partial charge is 0.467 e. The van der Waals surface area contributed by atoms with E-state index in [2.05, 4.69) is 44.3 Å². The van der Waals surface area contributed by atoms with E-state index in [0.29, 0.717) is 18.0 Å². The molecule has 0 spiro atoms. The number of hydrogen-bond donors (Lipinski definition) is 1. The number of rotatable bonds is 6. The topological polar surface area (TPSA) is 55.4 Å². The molecule has 4 rings (SSSR count). The molecule has 0 aliphatic carbocycles. The van der Waals surface area contributed by atoms with E-state index in [1.54, 1.807) is 12.3 Å². The highest BCUT2D eigenvalue weighted by molar-refractivity contribution is 5.82. The monoisotopic (exact) mass is 387 g/mol. The van der Waals surface area contributed by atoms with E-state index in [9.17, 15) is 4.79 Å². The molecule has 4 heteroatoms. The van der Waals surface area contributed by atoms with Crippen molar-refractivity contribution in [2.45, 2.75) is 39.3 Å². The van der Waals surface area contributed by atoms with Gasteiger partial charge in [0.2, 0.25) is 0 Å². The Kier molecular flexibility index (Phi) is 5.36. The molecular weight excluding hydrogens is 362 g/mol. The number of nitrogens with one attached hydrogen (secondary N) is 1. The number of hydrogen-bond acceptors (Lipinski definition) is 4. The summed E-state index contributed by atoms with van der Waals surface area (Å²) in [5.41, 5.74) is 4.72. The van der Waals surface area contributed by atoms with Gasteiger partial charge in [-0.3, -0.25) is 5.32 Å². The predicted molar refractivity (Wildman–Crippen MR) is 115 cm³/mol. The third-order valence-electron chi connectivity index (χ3n) is 5.30. The van der Waals surface area contributed by atoms with Crippen molar-refractivity contribution in [2.75, 3.05) is 0 Å². The highest BCUT2D eigenvalue weighted by atomic mass is 16.4. The zero-order chi connectivity index (χ0) is 20.4. The highest BCUT2D eigenvalue weighted by Gasteiger charge is 2.18. The molecule has 0 unspecified atom stereocenters. The van der Waals surface area contributed by atoms with Crippen LogP contribution in [0.1, 0.15) is 53.8 Å². The van der Waals surface area contributed by atoms with Gasteiger partial charge in [0.1, 0.15) is 11.3 Å². The first-order valence-corrected chi connectivity index (χ1v) is 9.92. The SMILES string of the molecule is Cc1cc2oc(=O)cc(CN[C@@H](c3ccccc3)c3ccco3)c2cc1C(C)C. The van der Waals surface area contributed by atoms with Gasteiger partial charge in [-0.2, -0.15) is 0 Å². The van der Waals surface area contributed by atoms with Crippen molar-refractivity contribution in [1.29, 1.82) is 0 Å². The van der Waals surface area contributed by atoms with Crippen molar-refractivity contribution in [3.63, 3.8) is 0 Å². The zero-order valence-electron chi connectivity index (χ0n) is 16.9. The molecule has 0 radical (unpaired) electrons. The summed E-state index contributed by atoms with van der Waals surface area (Å²) in [6, 6.07) is 19.6. The lowest BCUT2D eigenvalue weighted by Crippen LogP contribution is -2.22. The summed E-state index contributed by atoms with van der Waals surface area (Å²) in [5.74, 6) is 1.23. The van der Waals surface area contributed by atoms with Crippen molar-refractivity contribution in [3.05, 3.63) is 105 Å². The van der Waals surface area contributed by atoms with Gasteiger partial charge in [-0.25, -0.2) is 4.79 Å². The molecule has 0 aliphatic rings. The predicted octanol–water partition coefficient (Wildman–Crippen LogP) is 5.70. The lowest BCUT2D eigenvalue weighted by molar-refractivity contribution is 0.445. The van der Waals surface area contributed by atoms with Crippen molar-refractivity contribution < 1.29 is 8.83 Å². The first kappa shape index (κ1) is 19.2. The quantitative estimate of drug-likeness (QED) is 0.431. The number of aryl methyl sites for hydroxylation is 1. The maximum absolute atomic E-state index is 12.2. The van der Waals surface area contributed by atoms with Crippen LogP contribution in [-0.2, 0) is 6.54 Å². The van der Waals surface area contributed by atoms with E-state index < -0.39 is 0 Å². The van der Waals surface area contributed by atoms with E-state index >= 15 is 0 Å². The van der Waals surface area contributed by atoms with Crippen molar-refractivity contribution in [1.82, 2.24) is 5.32 Å². The molecular formula is C25H25NO3. The molecule has 4 nitrogen and oxygen atoms in total. The van der Waals surface area contributed by atoms with Crippen LogP contribution in [-0.4, -0.2) is 0 Å². The first-order chi connectivity index (χ1) is 14.0. The number of benzene rings is 2. The molecule has 1 atom stereocenters. The molecule has 0 fully saturated rings. The van der Waals surface area contributed by atoms with Gasteiger partial charge in [0.15, 0.2) is 0 Å². The van der Waals surface area contributed by atoms with Gasteiger partial charge in [-0.1, -0.05) is 44.2 Å². The van der Waals surface area contributed by atoms with Crippen LogP contribution in [0.15, 0.2) is 80.6 Å². The fraction of sp³-hybridized carbons (Fsp3) is 0.240. The first-order valence-electron chi connectivity index (χ1n) is 9.92. The molecule has 148 valence electrons. The van der Waals surface area contributed by atoms with Crippen LogP contribution in [0.4, 0.5) is 0 Å². The molecule has 0 saturated heterocycles. The van der Waals surface area contributed by atoms with Crippen LogP contribution < -0.4 is 10.9 Å². The van der Waals surface area contributed by atoms with E-state index in [-0.39, 0.29) is 11.7 Å². The Morgan fingerprint density at radius 3 is 2.48 bits per heavy atom. The van der Waals surface area contributed by atoms with E-state index in [1.165, 1.54) is 5.56 Å². The second kappa shape index (κ2) is 8.10. The Morgan fingerprint density at radius 1 is 1.00 bits per heavy atom. The second-order valence-corrected chi connectivity index (χ2v) is 7.69. The van der Waals surface area contributed by atoms with Crippen LogP contribution in [0.3, 0.4) is 0 Å². The molecule has 2 aromatic carbocycles. The van der Waals surface area contributed by atoms with Gasteiger partial charge < -0.3 is 8.83 Å². The normalized spacial score (nSPS) is 12.6. The second-order valence-electron chi connectivity index (χ2n) is 7.69. The fourth-order valence-electron chi connectivity index (χ4n) is 3.86. The van der Waals surface area contributed by atoms with Gasteiger partial charge >= 0.3 is 5.63 Å². The molecule has 2 aromatic heterocycles. The minimum absolute atomic E-state index is 0.108. The number of fused-ring (bicyclic) bond motifs is 1. The van der Waals surface area contributed by atoms with Crippen LogP contribution in [0, 0.1) is 6.92 Å². The Balaban J connectivity index is 1.73. The third-order valence-corrected chi connectivity index (χ3v) is 5.30. The van der Waals surface area contributed by atoms with Gasteiger partial charge in [0.05, 0.1) is 12.3 Å². The minimum Gasteiger partial charge on any atom is -0.467 e. The molecule has 0 saturated carbocycles. The van der Waals surface area contributed by atoms with Crippen molar-refractivity contribution >= 4 is 11.0 Å². The summed E-state index contributed by atoms with van der Waals surface area (Å²) < 4.78 is 11.2. The fourth-order valence-corrected chi connectivity index (χ4v) is 3.86. The summed E-state index contributed by atoms with van der Waals surface area (Å²) in [4.78, 5) is 12.2. The van der Waals surface area contributed by atoms with E-state index in [4.69, 9.17) is 8.83 Å². The maximum atomic E-state index is 12.2. The summed E-state index contributed by atoms with van der Waals surface area (Å²) in [7, 11) is 0. The van der Waals surface area contributed by atoms with Crippen LogP contribution in [0.5, 0.6) is 0 Å². The van der Waals surface area contributed by atoms with Crippen molar-refractivity contribution in [2.24, 2.45) is 0 Å². The van der Waals surface area contributed by atoms with E-state index in [1.807, 2.05) is 36.4 Å². The van der Waals surface area contributed by atoms with Crippen LogP contribution in [0.2, 0.25) is 0 Å². The Labute approximate surface area is 170 Å². The Morgan fingerprint density at radius 2 is 1.79 bits per heavy atom. The zero-order valence-corrected chi connectivity index (χ0v) is 16.9.